The number of aromatic nitrogens is 2. The fourth-order valence-electron chi connectivity index (χ4n) is 3.90. The van der Waals surface area contributed by atoms with Crippen molar-refractivity contribution in [3.63, 3.8) is 0 Å². The molecule has 8 heteroatoms. The Balaban J connectivity index is 1.46. The summed E-state index contributed by atoms with van der Waals surface area (Å²) < 4.78 is 11.8. The van der Waals surface area contributed by atoms with Crippen molar-refractivity contribution in [3.8, 4) is 22.6 Å². The molecular weight excluding hydrogens is 450 g/mol. The lowest BCUT2D eigenvalue weighted by molar-refractivity contribution is -0.116. The Morgan fingerprint density at radius 2 is 1.85 bits per heavy atom. The van der Waals surface area contributed by atoms with Crippen LogP contribution in [0.1, 0.15) is 0 Å². The van der Waals surface area contributed by atoms with Crippen LogP contribution in [-0.2, 0) is 11.3 Å². The number of fused-ring (bicyclic) bond motifs is 2. The first-order valence-electron chi connectivity index (χ1n) is 10.5. The molecule has 5 rings (SSSR count). The molecule has 0 unspecified atom stereocenters. The Morgan fingerprint density at radius 3 is 2.65 bits per heavy atom. The SMILES string of the molecule is COc1ccc(NC(=O)Cn2cnc3scc(-c4ccc5ccccc5c4)c3c2=O)c(OC)c1. The third-order valence-corrected chi connectivity index (χ3v) is 6.50. The molecule has 7 nitrogen and oxygen atoms in total. The largest absolute Gasteiger partial charge is 0.497 e. The van der Waals surface area contributed by atoms with Gasteiger partial charge in [0.1, 0.15) is 22.9 Å². The molecule has 170 valence electrons. The highest BCUT2D eigenvalue weighted by atomic mass is 32.1. The summed E-state index contributed by atoms with van der Waals surface area (Å²) in [6, 6.07) is 19.3. The summed E-state index contributed by atoms with van der Waals surface area (Å²) in [6.45, 7) is -0.177. The number of rotatable bonds is 6. The second-order valence-electron chi connectivity index (χ2n) is 7.68. The van der Waals surface area contributed by atoms with Crippen molar-refractivity contribution in [3.05, 3.63) is 82.7 Å². The van der Waals surface area contributed by atoms with Crippen molar-refractivity contribution >= 4 is 43.9 Å². The lowest BCUT2D eigenvalue weighted by atomic mass is 10.0. The number of ether oxygens (including phenoxy) is 2. The van der Waals surface area contributed by atoms with Crippen molar-refractivity contribution in [1.29, 1.82) is 0 Å². The van der Waals surface area contributed by atoms with Gasteiger partial charge in [0, 0.05) is 17.0 Å². The van der Waals surface area contributed by atoms with Gasteiger partial charge in [-0.2, -0.15) is 0 Å². The molecule has 0 atom stereocenters. The zero-order chi connectivity index (χ0) is 23.7. The van der Waals surface area contributed by atoms with E-state index in [-0.39, 0.29) is 18.0 Å². The molecule has 0 bridgehead atoms. The second kappa shape index (κ2) is 8.99. The van der Waals surface area contributed by atoms with Gasteiger partial charge in [-0.15, -0.1) is 11.3 Å². The molecule has 0 saturated heterocycles. The molecule has 0 spiro atoms. The minimum absolute atomic E-state index is 0.177. The summed E-state index contributed by atoms with van der Waals surface area (Å²) in [7, 11) is 3.07. The topological polar surface area (TPSA) is 82.5 Å². The summed E-state index contributed by atoms with van der Waals surface area (Å²) in [5, 5.41) is 7.47. The van der Waals surface area contributed by atoms with Crippen LogP contribution in [0, 0.1) is 0 Å². The standard InChI is InChI=1S/C26H21N3O4S/c1-32-19-9-10-21(22(12-19)33-2)28-23(30)13-29-15-27-25-24(26(29)31)20(14-34-25)18-8-7-16-5-3-4-6-17(16)11-18/h3-12,14-15H,13H2,1-2H3,(H,28,30). The van der Waals surface area contributed by atoms with Crippen LogP contribution in [0.5, 0.6) is 11.5 Å². The van der Waals surface area contributed by atoms with Gasteiger partial charge >= 0.3 is 0 Å². The first kappa shape index (κ1) is 21.7. The van der Waals surface area contributed by atoms with E-state index in [0.29, 0.717) is 27.4 Å². The molecule has 3 aromatic carbocycles. The zero-order valence-electron chi connectivity index (χ0n) is 18.6. The van der Waals surface area contributed by atoms with Crippen molar-refractivity contribution < 1.29 is 14.3 Å². The lowest BCUT2D eigenvalue weighted by Crippen LogP contribution is -2.27. The molecule has 0 aliphatic heterocycles. The fraction of sp³-hybridized carbons (Fsp3) is 0.115. The molecule has 2 heterocycles. The Hall–Kier alpha value is -4.17. The predicted octanol–water partition coefficient (Wildman–Crippen LogP) is 4.93. The number of anilines is 1. The number of methoxy groups -OCH3 is 2. The molecule has 0 saturated carbocycles. The first-order valence-corrected chi connectivity index (χ1v) is 11.4. The molecule has 34 heavy (non-hydrogen) atoms. The molecule has 1 amide bonds. The maximum atomic E-state index is 13.4. The summed E-state index contributed by atoms with van der Waals surface area (Å²) >= 11 is 1.41. The molecule has 0 aliphatic carbocycles. The van der Waals surface area contributed by atoms with E-state index in [9.17, 15) is 9.59 Å². The van der Waals surface area contributed by atoms with Crippen LogP contribution in [-0.4, -0.2) is 29.7 Å². The Kier molecular flexibility index (Phi) is 5.73. The third kappa shape index (κ3) is 3.99. The smallest absolute Gasteiger partial charge is 0.263 e. The van der Waals surface area contributed by atoms with E-state index in [2.05, 4.69) is 22.4 Å². The second-order valence-corrected chi connectivity index (χ2v) is 8.54. The van der Waals surface area contributed by atoms with E-state index >= 15 is 0 Å². The number of nitrogens with zero attached hydrogens (tertiary/aromatic N) is 2. The number of amides is 1. The minimum atomic E-state index is -0.366. The van der Waals surface area contributed by atoms with Crippen molar-refractivity contribution in [2.45, 2.75) is 6.54 Å². The number of carbonyl (C=O) groups excluding carboxylic acids is 1. The van der Waals surface area contributed by atoms with Crippen molar-refractivity contribution in [2.75, 3.05) is 19.5 Å². The van der Waals surface area contributed by atoms with E-state index in [1.165, 1.54) is 29.3 Å². The first-order chi connectivity index (χ1) is 16.6. The number of benzene rings is 3. The van der Waals surface area contributed by atoms with Crippen molar-refractivity contribution in [1.82, 2.24) is 9.55 Å². The molecule has 2 aromatic heterocycles. The maximum Gasteiger partial charge on any atom is 0.263 e. The highest BCUT2D eigenvalue weighted by Gasteiger charge is 2.16. The summed E-state index contributed by atoms with van der Waals surface area (Å²) in [5.74, 6) is 0.707. The molecule has 1 N–H and O–H groups in total. The normalized spacial score (nSPS) is 11.0. The van der Waals surface area contributed by atoms with Crippen LogP contribution in [0.2, 0.25) is 0 Å². The minimum Gasteiger partial charge on any atom is -0.497 e. The molecule has 0 radical (unpaired) electrons. The van der Waals surface area contributed by atoms with Crippen LogP contribution >= 0.6 is 11.3 Å². The van der Waals surface area contributed by atoms with Gasteiger partial charge in [-0.1, -0.05) is 36.4 Å². The van der Waals surface area contributed by atoms with Gasteiger partial charge < -0.3 is 14.8 Å². The quantitative estimate of drug-likeness (QED) is 0.380. The number of thiophene rings is 1. The number of hydrogen-bond acceptors (Lipinski definition) is 6. The Bertz CT molecular complexity index is 1590. The molecule has 0 fully saturated rings. The van der Waals surface area contributed by atoms with Crippen molar-refractivity contribution in [2.24, 2.45) is 0 Å². The van der Waals surface area contributed by atoms with Crippen LogP contribution in [0.15, 0.2) is 77.2 Å². The van der Waals surface area contributed by atoms with Gasteiger partial charge in [0.05, 0.1) is 31.6 Å². The van der Waals surface area contributed by atoms with E-state index < -0.39 is 0 Å². The average molecular weight is 472 g/mol. The highest BCUT2D eigenvalue weighted by Crippen LogP contribution is 2.32. The van der Waals surface area contributed by atoms with E-state index in [4.69, 9.17) is 9.47 Å². The van der Waals surface area contributed by atoms with E-state index in [0.717, 1.165) is 21.9 Å². The third-order valence-electron chi connectivity index (χ3n) is 5.62. The fourth-order valence-corrected chi connectivity index (χ4v) is 4.80. The summed E-state index contributed by atoms with van der Waals surface area (Å²) in [5.41, 5.74) is 1.98. The Morgan fingerprint density at radius 1 is 1.03 bits per heavy atom. The zero-order valence-corrected chi connectivity index (χ0v) is 19.4. The monoisotopic (exact) mass is 471 g/mol. The van der Waals surface area contributed by atoms with Gasteiger partial charge in [-0.25, -0.2) is 4.98 Å². The van der Waals surface area contributed by atoms with Gasteiger partial charge in [0.2, 0.25) is 5.91 Å². The number of nitrogens with one attached hydrogen (secondary N) is 1. The van der Waals surface area contributed by atoms with Gasteiger partial charge in [-0.3, -0.25) is 14.2 Å². The van der Waals surface area contributed by atoms with Crippen LogP contribution in [0.3, 0.4) is 0 Å². The predicted molar refractivity (Wildman–Crippen MR) is 135 cm³/mol. The van der Waals surface area contributed by atoms with E-state index in [1.54, 1.807) is 25.3 Å². The Labute approximate surface area is 199 Å². The lowest BCUT2D eigenvalue weighted by Gasteiger charge is -2.12. The highest BCUT2D eigenvalue weighted by molar-refractivity contribution is 7.17. The average Bonchev–Trinajstić information content (AvgIpc) is 3.30. The van der Waals surface area contributed by atoms with Gasteiger partial charge in [-0.05, 0) is 34.5 Å². The van der Waals surface area contributed by atoms with E-state index in [1.807, 2.05) is 35.7 Å². The summed E-state index contributed by atoms with van der Waals surface area (Å²) in [4.78, 5) is 31.2. The molecule has 0 aliphatic rings. The summed E-state index contributed by atoms with van der Waals surface area (Å²) in [6.07, 6.45) is 1.41. The van der Waals surface area contributed by atoms with Gasteiger partial charge in [0.15, 0.2) is 0 Å². The molecular formula is C26H21N3O4S. The van der Waals surface area contributed by atoms with Crippen LogP contribution < -0.4 is 20.3 Å². The maximum absolute atomic E-state index is 13.4. The van der Waals surface area contributed by atoms with Crippen LogP contribution in [0.25, 0.3) is 32.1 Å². The number of hydrogen-bond donors (Lipinski definition) is 1. The van der Waals surface area contributed by atoms with Crippen LogP contribution in [0.4, 0.5) is 5.69 Å². The molecule has 5 aromatic rings. The number of carbonyl (C=O) groups is 1. The van der Waals surface area contributed by atoms with Gasteiger partial charge in [0.25, 0.3) is 5.56 Å².